The number of aromatic amines is 1. The van der Waals surface area contributed by atoms with E-state index in [1.54, 1.807) is 6.20 Å². The number of fused-ring (bicyclic) bond motifs is 1. The van der Waals surface area contributed by atoms with Gasteiger partial charge >= 0.3 is 11.9 Å². The number of rotatable bonds is 16. The molecule has 0 spiro atoms. The Morgan fingerprint density at radius 2 is 1.41 bits per heavy atom. The lowest BCUT2D eigenvalue weighted by Gasteiger charge is -2.25. The summed E-state index contributed by atoms with van der Waals surface area (Å²) in [7, 11) is 0. The molecule has 2 aromatic carbocycles. The molecular formula is C29H34N6O9. The molecule has 0 saturated carbocycles. The van der Waals surface area contributed by atoms with Crippen LogP contribution in [0.25, 0.3) is 10.9 Å². The average Bonchev–Trinajstić information content (AvgIpc) is 3.37. The maximum absolute atomic E-state index is 13.4. The maximum atomic E-state index is 13.4. The molecule has 4 unspecified atom stereocenters. The zero-order valence-corrected chi connectivity index (χ0v) is 23.5. The number of para-hydroxylation sites is 1. The van der Waals surface area contributed by atoms with Gasteiger partial charge in [0.1, 0.15) is 23.9 Å². The van der Waals surface area contributed by atoms with Gasteiger partial charge in [0.15, 0.2) is 0 Å². The largest absolute Gasteiger partial charge is 0.508 e. The molecule has 0 radical (unpaired) electrons. The fraction of sp³-hybridized carbons (Fsp3) is 0.310. The van der Waals surface area contributed by atoms with Crippen molar-refractivity contribution in [2.75, 3.05) is 0 Å². The molecule has 15 heteroatoms. The summed E-state index contributed by atoms with van der Waals surface area (Å²) in [5, 5.41) is 35.9. The molecule has 3 rings (SSSR count). The average molecular weight is 611 g/mol. The maximum Gasteiger partial charge on any atom is 0.326 e. The number of aromatic hydroxyl groups is 1. The van der Waals surface area contributed by atoms with Crippen LogP contribution in [-0.4, -0.2) is 80.0 Å². The third-order valence-corrected chi connectivity index (χ3v) is 6.77. The Hall–Kier alpha value is -5.44. The van der Waals surface area contributed by atoms with Crippen LogP contribution in [0.15, 0.2) is 54.7 Å². The standard InChI is InChI=1S/C29H34N6O9/c30-19(12-16-14-32-20-4-2-1-3-18(16)20)26(40)33-21(9-10-24(31)37)27(41)34-22(11-15-5-7-17(36)8-6-15)28(42)35-23(29(43)44)13-25(38)39/h1-8,14,19,21-23,32,36H,9-13,30H2,(H2,31,37)(H,33,40)(H,34,41)(H,35,42)(H,38,39)(H,43,44). The summed E-state index contributed by atoms with van der Waals surface area (Å²) in [5.41, 5.74) is 13.5. The molecule has 0 bridgehead atoms. The number of carboxylic acids is 2. The van der Waals surface area contributed by atoms with Crippen molar-refractivity contribution in [3.8, 4) is 5.75 Å². The first-order chi connectivity index (χ1) is 20.8. The lowest BCUT2D eigenvalue weighted by molar-refractivity contribution is -0.147. The van der Waals surface area contributed by atoms with Gasteiger partial charge in [0.2, 0.25) is 23.6 Å². The molecule has 4 amide bonds. The van der Waals surface area contributed by atoms with Crippen LogP contribution in [0.3, 0.4) is 0 Å². The number of benzene rings is 2. The molecule has 11 N–H and O–H groups in total. The van der Waals surface area contributed by atoms with E-state index in [0.29, 0.717) is 5.56 Å². The van der Waals surface area contributed by atoms with Crippen molar-refractivity contribution < 1.29 is 44.1 Å². The molecular weight excluding hydrogens is 576 g/mol. The molecule has 1 aromatic heterocycles. The Kier molecular flexibility index (Phi) is 11.4. The van der Waals surface area contributed by atoms with Crippen LogP contribution in [0.5, 0.6) is 5.75 Å². The van der Waals surface area contributed by atoms with Crippen molar-refractivity contribution in [2.45, 2.75) is 56.3 Å². The van der Waals surface area contributed by atoms with Crippen LogP contribution in [-0.2, 0) is 41.6 Å². The lowest BCUT2D eigenvalue weighted by atomic mass is 10.0. The Labute approximate surface area is 251 Å². The Morgan fingerprint density at radius 1 is 0.795 bits per heavy atom. The normalized spacial score (nSPS) is 13.7. The first-order valence-electron chi connectivity index (χ1n) is 13.6. The van der Waals surface area contributed by atoms with E-state index in [4.69, 9.17) is 16.6 Å². The summed E-state index contributed by atoms with van der Waals surface area (Å²) in [6, 6.07) is 7.29. The molecule has 4 atom stereocenters. The zero-order valence-electron chi connectivity index (χ0n) is 23.5. The topological polar surface area (TPSA) is 267 Å². The number of hydrogen-bond acceptors (Lipinski definition) is 8. The van der Waals surface area contributed by atoms with E-state index in [9.17, 15) is 39.0 Å². The highest BCUT2D eigenvalue weighted by atomic mass is 16.4. The second kappa shape index (κ2) is 15.2. The minimum atomic E-state index is -1.80. The fourth-order valence-corrected chi connectivity index (χ4v) is 4.46. The van der Waals surface area contributed by atoms with E-state index in [0.717, 1.165) is 16.5 Å². The first-order valence-corrected chi connectivity index (χ1v) is 13.6. The third kappa shape index (κ3) is 9.55. The second-order valence-electron chi connectivity index (χ2n) is 10.2. The molecule has 44 heavy (non-hydrogen) atoms. The molecule has 0 aliphatic rings. The number of nitrogens with one attached hydrogen (secondary N) is 4. The summed E-state index contributed by atoms with van der Waals surface area (Å²) in [4.78, 5) is 76.9. The smallest absolute Gasteiger partial charge is 0.326 e. The van der Waals surface area contributed by atoms with E-state index >= 15 is 0 Å². The van der Waals surface area contributed by atoms with Crippen LogP contribution in [0.4, 0.5) is 0 Å². The molecule has 234 valence electrons. The van der Waals surface area contributed by atoms with Gasteiger partial charge in [-0.3, -0.25) is 24.0 Å². The highest BCUT2D eigenvalue weighted by Crippen LogP contribution is 2.19. The summed E-state index contributed by atoms with van der Waals surface area (Å²) in [6.07, 6.45) is 0.171. The Morgan fingerprint density at radius 3 is 2.05 bits per heavy atom. The van der Waals surface area contributed by atoms with Gasteiger partial charge in [0, 0.05) is 29.9 Å². The number of nitrogens with two attached hydrogens (primary N) is 2. The number of aliphatic carboxylic acids is 2. The van der Waals surface area contributed by atoms with Gasteiger partial charge < -0.3 is 47.7 Å². The van der Waals surface area contributed by atoms with Gasteiger partial charge in [0.25, 0.3) is 0 Å². The van der Waals surface area contributed by atoms with E-state index in [-0.39, 0.29) is 31.4 Å². The number of carbonyl (C=O) groups is 6. The van der Waals surface area contributed by atoms with E-state index in [2.05, 4.69) is 20.9 Å². The van der Waals surface area contributed by atoms with Gasteiger partial charge in [-0.05, 0) is 42.2 Å². The minimum absolute atomic E-state index is 0.0654. The van der Waals surface area contributed by atoms with Crippen LogP contribution in [0, 0.1) is 0 Å². The predicted octanol–water partition coefficient (Wildman–Crippen LogP) is -0.735. The SMILES string of the molecule is NC(=O)CCC(NC(=O)C(N)Cc1c[nH]c2ccccc12)C(=O)NC(Cc1ccc(O)cc1)C(=O)NC(CC(=O)O)C(=O)O. The number of aromatic nitrogens is 1. The molecule has 15 nitrogen and oxygen atoms in total. The van der Waals surface area contributed by atoms with Crippen molar-refractivity contribution in [3.63, 3.8) is 0 Å². The monoisotopic (exact) mass is 610 g/mol. The molecule has 1 heterocycles. The molecule has 0 aliphatic carbocycles. The number of carbonyl (C=O) groups excluding carboxylic acids is 4. The molecule has 0 saturated heterocycles. The summed E-state index contributed by atoms with van der Waals surface area (Å²) in [6.45, 7) is 0. The van der Waals surface area contributed by atoms with Crippen molar-refractivity contribution >= 4 is 46.5 Å². The summed E-state index contributed by atoms with van der Waals surface area (Å²) < 4.78 is 0. The first kappa shape index (κ1) is 33.1. The fourth-order valence-electron chi connectivity index (χ4n) is 4.46. The third-order valence-electron chi connectivity index (χ3n) is 6.77. The Bertz CT molecular complexity index is 1520. The van der Waals surface area contributed by atoms with Gasteiger partial charge in [0.05, 0.1) is 12.5 Å². The van der Waals surface area contributed by atoms with Crippen LogP contribution >= 0.6 is 0 Å². The molecule has 0 fully saturated rings. The van der Waals surface area contributed by atoms with Gasteiger partial charge in [-0.1, -0.05) is 30.3 Å². The van der Waals surface area contributed by atoms with Crippen molar-refractivity contribution in [1.82, 2.24) is 20.9 Å². The van der Waals surface area contributed by atoms with E-state index < -0.39 is 66.2 Å². The number of phenols is 1. The van der Waals surface area contributed by atoms with E-state index in [1.165, 1.54) is 24.3 Å². The number of hydrogen-bond donors (Lipinski definition) is 9. The highest BCUT2D eigenvalue weighted by Gasteiger charge is 2.31. The summed E-state index contributed by atoms with van der Waals surface area (Å²) in [5.74, 6) is -6.53. The van der Waals surface area contributed by atoms with Crippen LogP contribution in [0.1, 0.15) is 30.4 Å². The summed E-state index contributed by atoms with van der Waals surface area (Å²) >= 11 is 0. The van der Waals surface area contributed by atoms with Gasteiger partial charge in [-0.25, -0.2) is 4.79 Å². The molecule has 0 aliphatic heterocycles. The van der Waals surface area contributed by atoms with Crippen molar-refractivity contribution in [2.24, 2.45) is 11.5 Å². The van der Waals surface area contributed by atoms with Gasteiger partial charge in [-0.2, -0.15) is 0 Å². The van der Waals surface area contributed by atoms with Crippen LogP contribution < -0.4 is 27.4 Å². The zero-order chi connectivity index (χ0) is 32.4. The lowest BCUT2D eigenvalue weighted by Crippen LogP contribution is -2.58. The molecule has 3 aromatic rings. The van der Waals surface area contributed by atoms with Crippen molar-refractivity contribution in [1.29, 1.82) is 0 Å². The van der Waals surface area contributed by atoms with Crippen LogP contribution in [0.2, 0.25) is 0 Å². The van der Waals surface area contributed by atoms with Gasteiger partial charge in [-0.15, -0.1) is 0 Å². The van der Waals surface area contributed by atoms with Crippen molar-refractivity contribution in [3.05, 3.63) is 65.9 Å². The predicted molar refractivity (Wildman–Crippen MR) is 156 cm³/mol. The Balaban J connectivity index is 1.79. The van der Waals surface area contributed by atoms with E-state index in [1.807, 2.05) is 24.3 Å². The number of amides is 4. The number of phenolic OH excluding ortho intramolecular Hbond substituents is 1. The number of carboxylic acid groups (broad SMARTS) is 2. The number of primary amides is 1. The second-order valence-corrected chi connectivity index (χ2v) is 10.2. The number of H-pyrrole nitrogens is 1. The quantitative estimate of drug-likeness (QED) is 0.0980. The minimum Gasteiger partial charge on any atom is -0.508 e. The highest BCUT2D eigenvalue weighted by molar-refractivity contribution is 5.95.